The normalized spacial score (nSPS) is 14.4. The maximum absolute atomic E-state index is 11.8. The van der Waals surface area contributed by atoms with Crippen molar-refractivity contribution in [2.45, 2.75) is 19.9 Å². The molecule has 90 valence electrons. The van der Waals surface area contributed by atoms with Crippen LogP contribution in [0.2, 0.25) is 0 Å². The van der Waals surface area contributed by atoms with Crippen LogP contribution in [-0.2, 0) is 10.8 Å². The maximum Gasteiger partial charge on any atom is 0.263 e. The van der Waals surface area contributed by atoms with Crippen molar-refractivity contribution < 1.29 is 9.00 Å². The molecule has 2 atom stereocenters. The quantitative estimate of drug-likeness (QED) is 0.828. The van der Waals surface area contributed by atoms with Gasteiger partial charge in [-0.1, -0.05) is 11.3 Å². The lowest BCUT2D eigenvalue weighted by molar-refractivity contribution is 0.0947. The van der Waals surface area contributed by atoms with Crippen LogP contribution in [-0.4, -0.2) is 33.2 Å². The smallest absolute Gasteiger partial charge is 0.263 e. The zero-order valence-corrected chi connectivity index (χ0v) is 11.1. The summed E-state index contributed by atoms with van der Waals surface area (Å²) in [7, 11) is -0.920. The first-order valence-electron chi connectivity index (χ1n) is 4.74. The van der Waals surface area contributed by atoms with E-state index in [0.29, 0.717) is 21.5 Å². The summed E-state index contributed by atoms with van der Waals surface area (Å²) < 4.78 is 11.0. The molecule has 1 aromatic rings. The van der Waals surface area contributed by atoms with Crippen LogP contribution in [0.15, 0.2) is 0 Å². The van der Waals surface area contributed by atoms with E-state index in [4.69, 9.17) is 5.73 Å². The van der Waals surface area contributed by atoms with Gasteiger partial charge in [0, 0.05) is 28.9 Å². The molecule has 0 aliphatic rings. The summed E-state index contributed by atoms with van der Waals surface area (Å²) >= 11 is 1.16. The summed E-state index contributed by atoms with van der Waals surface area (Å²) in [6.45, 7) is 3.56. The lowest BCUT2D eigenvalue weighted by Gasteiger charge is -2.11. The number of aryl methyl sites for hydroxylation is 1. The van der Waals surface area contributed by atoms with Crippen molar-refractivity contribution in [1.29, 1.82) is 0 Å². The van der Waals surface area contributed by atoms with Crippen LogP contribution < -0.4 is 11.1 Å². The fourth-order valence-corrected chi connectivity index (χ4v) is 2.84. The Bertz CT molecular complexity index is 417. The number of nitrogen functional groups attached to an aromatic ring is 1. The van der Waals surface area contributed by atoms with Gasteiger partial charge < -0.3 is 11.1 Å². The highest BCUT2D eigenvalue weighted by Gasteiger charge is 2.16. The van der Waals surface area contributed by atoms with Gasteiger partial charge in [0.05, 0.1) is 5.69 Å². The Morgan fingerprint density at radius 1 is 1.69 bits per heavy atom. The number of rotatable bonds is 4. The number of nitrogens with one attached hydrogen (secondary N) is 1. The van der Waals surface area contributed by atoms with Gasteiger partial charge in [0.1, 0.15) is 4.88 Å². The van der Waals surface area contributed by atoms with E-state index in [2.05, 4.69) is 10.3 Å². The number of carbonyl (C=O) groups excluding carboxylic acids is 1. The predicted molar refractivity (Wildman–Crippen MR) is 67.1 cm³/mol. The predicted octanol–water partition coefficient (Wildman–Crippen LogP) is 0.531. The summed E-state index contributed by atoms with van der Waals surface area (Å²) in [6, 6.07) is -0.124. The van der Waals surface area contributed by atoms with E-state index in [1.165, 1.54) is 0 Å². The standard InChI is InChI=1S/C9H15N3O2S2/c1-5(4-16(3)14)11-8(13)7-6(2)12-9(10)15-7/h5H,4H2,1-3H3,(H2,10,12)(H,11,13). The molecule has 16 heavy (non-hydrogen) atoms. The Kier molecular flexibility index (Phi) is 4.43. The molecule has 0 fully saturated rings. The molecule has 0 aliphatic heterocycles. The number of aromatic nitrogens is 1. The molecule has 1 aromatic heterocycles. The Labute approximate surface area is 101 Å². The van der Waals surface area contributed by atoms with E-state index in [1.807, 2.05) is 6.92 Å². The molecular formula is C9H15N3O2S2. The summed E-state index contributed by atoms with van der Waals surface area (Å²) in [5.74, 6) is 0.239. The number of hydrogen-bond acceptors (Lipinski definition) is 5. The topological polar surface area (TPSA) is 85.1 Å². The van der Waals surface area contributed by atoms with Gasteiger partial charge in [-0.25, -0.2) is 4.98 Å². The summed E-state index contributed by atoms with van der Waals surface area (Å²) in [5, 5.41) is 3.15. The molecule has 3 N–H and O–H groups in total. The van der Waals surface area contributed by atoms with Crippen LogP contribution in [0.5, 0.6) is 0 Å². The molecule has 2 unspecified atom stereocenters. The maximum atomic E-state index is 11.8. The third-order valence-corrected chi connectivity index (χ3v) is 3.84. The van der Waals surface area contributed by atoms with Crippen LogP contribution in [0, 0.1) is 6.92 Å². The molecule has 0 saturated heterocycles. The highest BCUT2D eigenvalue weighted by Crippen LogP contribution is 2.19. The summed E-state index contributed by atoms with van der Waals surface area (Å²) in [6.07, 6.45) is 1.61. The van der Waals surface area contributed by atoms with Crippen molar-refractivity contribution in [3.63, 3.8) is 0 Å². The number of hydrogen-bond donors (Lipinski definition) is 2. The van der Waals surface area contributed by atoms with Gasteiger partial charge in [-0.05, 0) is 13.8 Å². The van der Waals surface area contributed by atoms with E-state index in [-0.39, 0.29) is 11.9 Å². The lowest BCUT2D eigenvalue weighted by Crippen LogP contribution is -2.36. The van der Waals surface area contributed by atoms with Crippen molar-refractivity contribution in [3.05, 3.63) is 10.6 Å². The Morgan fingerprint density at radius 3 is 2.75 bits per heavy atom. The van der Waals surface area contributed by atoms with Crippen LogP contribution in [0.25, 0.3) is 0 Å². The monoisotopic (exact) mass is 261 g/mol. The average molecular weight is 261 g/mol. The molecule has 0 aliphatic carbocycles. The van der Waals surface area contributed by atoms with E-state index in [9.17, 15) is 9.00 Å². The molecule has 1 amide bonds. The minimum absolute atomic E-state index is 0.124. The number of carbonyl (C=O) groups is 1. The van der Waals surface area contributed by atoms with E-state index >= 15 is 0 Å². The van der Waals surface area contributed by atoms with E-state index < -0.39 is 10.8 Å². The van der Waals surface area contributed by atoms with E-state index in [1.54, 1.807) is 13.2 Å². The highest BCUT2D eigenvalue weighted by molar-refractivity contribution is 7.84. The van der Waals surface area contributed by atoms with Crippen molar-refractivity contribution in [3.8, 4) is 0 Å². The molecule has 5 nitrogen and oxygen atoms in total. The Morgan fingerprint density at radius 2 is 2.31 bits per heavy atom. The van der Waals surface area contributed by atoms with Crippen LogP contribution in [0.1, 0.15) is 22.3 Å². The van der Waals surface area contributed by atoms with Gasteiger partial charge in [0.15, 0.2) is 5.13 Å². The van der Waals surface area contributed by atoms with Gasteiger partial charge >= 0.3 is 0 Å². The van der Waals surface area contributed by atoms with Gasteiger partial charge in [0.25, 0.3) is 5.91 Å². The van der Waals surface area contributed by atoms with Crippen LogP contribution >= 0.6 is 11.3 Å². The molecule has 1 rings (SSSR count). The molecule has 0 radical (unpaired) electrons. The summed E-state index contributed by atoms with van der Waals surface area (Å²) in [4.78, 5) is 16.3. The van der Waals surface area contributed by atoms with Gasteiger partial charge in [-0.3, -0.25) is 9.00 Å². The summed E-state index contributed by atoms with van der Waals surface area (Å²) in [5.41, 5.74) is 6.14. The molecule has 1 heterocycles. The van der Waals surface area contributed by atoms with Crippen molar-refractivity contribution in [1.82, 2.24) is 10.3 Å². The minimum Gasteiger partial charge on any atom is -0.375 e. The first-order chi connectivity index (χ1) is 7.40. The number of thiazole rings is 1. The molecule has 0 bridgehead atoms. The van der Waals surface area contributed by atoms with Gasteiger partial charge in [-0.15, -0.1) is 0 Å². The third-order valence-electron chi connectivity index (χ3n) is 1.88. The van der Waals surface area contributed by atoms with Crippen molar-refractivity contribution >= 4 is 33.2 Å². The largest absolute Gasteiger partial charge is 0.375 e. The molecule has 7 heteroatoms. The zero-order chi connectivity index (χ0) is 12.3. The average Bonchev–Trinajstić information content (AvgIpc) is 2.43. The van der Waals surface area contributed by atoms with Crippen LogP contribution in [0.3, 0.4) is 0 Å². The lowest BCUT2D eigenvalue weighted by atomic mass is 10.3. The molecule has 0 spiro atoms. The Balaban J connectivity index is 2.65. The second-order valence-corrected chi connectivity index (χ2v) is 6.09. The first kappa shape index (κ1) is 13.1. The number of anilines is 1. The van der Waals surface area contributed by atoms with Gasteiger partial charge in [0.2, 0.25) is 0 Å². The first-order valence-corrected chi connectivity index (χ1v) is 7.28. The zero-order valence-electron chi connectivity index (χ0n) is 9.44. The second-order valence-electron chi connectivity index (χ2n) is 3.58. The van der Waals surface area contributed by atoms with Crippen molar-refractivity contribution in [2.24, 2.45) is 0 Å². The highest BCUT2D eigenvalue weighted by atomic mass is 32.2. The third kappa shape index (κ3) is 3.57. The molecule has 0 aromatic carbocycles. The molecular weight excluding hydrogens is 246 g/mol. The minimum atomic E-state index is -0.920. The number of nitrogens with two attached hydrogens (primary N) is 1. The van der Waals surface area contributed by atoms with Gasteiger partial charge in [-0.2, -0.15) is 0 Å². The molecule has 0 saturated carbocycles. The fraction of sp³-hybridized carbons (Fsp3) is 0.556. The van der Waals surface area contributed by atoms with Crippen molar-refractivity contribution in [2.75, 3.05) is 17.7 Å². The SMILES string of the molecule is Cc1nc(N)sc1C(=O)NC(C)CS(C)=O. The fourth-order valence-electron chi connectivity index (χ4n) is 1.31. The van der Waals surface area contributed by atoms with Crippen LogP contribution in [0.4, 0.5) is 5.13 Å². The number of amides is 1. The Hall–Kier alpha value is -0.950. The van der Waals surface area contributed by atoms with E-state index in [0.717, 1.165) is 11.3 Å². The number of nitrogens with zero attached hydrogens (tertiary/aromatic N) is 1. The second kappa shape index (κ2) is 5.40.